The van der Waals surface area contributed by atoms with Crippen molar-refractivity contribution in [3.63, 3.8) is 0 Å². The summed E-state index contributed by atoms with van der Waals surface area (Å²) in [7, 11) is 1.44. The second-order valence-corrected chi connectivity index (χ2v) is 5.84. The zero-order valence-corrected chi connectivity index (χ0v) is 15.0. The number of hydrogen-bond donors (Lipinski definition) is 2. The van der Waals surface area contributed by atoms with Gasteiger partial charge in [-0.1, -0.05) is 12.1 Å². The van der Waals surface area contributed by atoms with Crippen molar-refractivity contribution in [2.75, 3.05) is 7.11 Å². The van der Waals surface area contributed by atoms with Gasteiger partial charge in [0.25, 0.3) is 5.91 Å². The first-order valence-corrected chi connectivity index (χ1v) is 8.28. The molecule has 10 heteroatoms. The van der Waals surface area contributed by atoms with Crippen molar-refractivity contribution < 1.29 is 31.8 Å². The highest BCUT2D eigenvalue weighted by Crippen LogP contribution is 2.30. The van der Waals surface area contributed by atoms with Crippen molar-refractivity contribution in [1.29, 1.82) is 0 Å². The fraction of sp³-hybridized carbons (Fsp3) is 0.158. The topological polar surface area (TPSA) is 76.2 Å². The number of alkyl halides is 3. The Kier molecular flexibility index (Phi) is 5.71. The standard InChI is InChI=1S/C19H15F4N3O3/c1-28-16-7-6-11(20)8-14(16)15-9-12(25-26-15)10-24-18(27)13-4-2-3-5-17(13)29-19(21,22)23/h2-9H,10H2,1H3,(H,24,27)(H,25,26). The van der Waals surface area contributed by atoms with E-state index in [1.807, 2.05) is 0 Å². The van der Waals surface area contributed by atoms with Crippen LogP contribution in [0.1, 0.15) is 16.1 Å². The molecule has 0 spiro atoms. The van der Waals surface area contributed by atoms with Gasteiger partial charge in [0.2, 0.25) is 0 Å². The van der Waals surface area contributed by atoms with Crippen LogP contribution >= 0.6 is 0 Å². The molecule has 2 N–H and O–H groups in total. The van der Waals surface area contributed by atoms with Crippen LogP contribution < -0.4 is 14.8 Å². The number of hydrogen-bond acceptors (Lipinski definition) is 4. The number of aromatic nitrogens is 2. The Labute approximate surface area is 162 Å². The second kappa shape index (κ2) is 8.21. The van der Waals surface area contributed by atoms with Gasteiger partial charge in [-0.25, -0.2) is 4.39 Å². The van der Waals surface area contributed by atoms with E-state index in [1.165, 1.54) is 43.5 Å². The van der Waals surface area contributed by atoms with Gasteiger partial charge in [0.1, 0.15) is 17.3 Å². The van der Waals surface area contributed by atoms with Crippen molar-refractivity contribution in [3.8, 4) is 22.8 Å². The van der Waals surface area contributed by atoms with Gasteiger partial charge in [-0.3, -0.25) is 9.89 Å². The highest BCUT2D eigenvalue weighted by molar-refractivity contribution is 5.96. The molecule has 0 fully saturated rings. The third-order valence-electron chi connectivity index (χ3n) is 3.87. The van der Waals surface area contributed by atoms with E-state index >= 15 is 0 Å². The van der Waals surface area contributed by atoms with Gasteiger partial charge >= 0.3 is 6.36 Å². The maximum absolute atomic E-state index is 13.5. The number of halogens is 4. The Morgan fingerprint density at radius 3 is 2.62 bits per heavy atom. The number of aromatic amines is 1. The molecule has 1 heterocycles. The molecule has 0 aliphatic rings. The minimum Gasteiger partial charge on any atom is -0.496 e. The predicted octanol–water partition coefficient (Wildman–Crippen LogP) is 4.05. The van der Waals surface area contributed by atoms with E-state index in [2.05, 4.69) is 20.3 Å². The number of para-hydroxylation sites is 1. The minimum absolute atomic E-state index is 0.0761. The lowest BCUT2D eigenvalue weighted by Gasteiger charge is -2.12. The lowest BCUT2D eigenvalue weighted by Crippen LogP contribution is -2.25. The van der Waals surface area contributed by atoms with Crippen LogP contribution in [0, 0.1) is 5.82 Å². The fourth-order valence-electron chi connectivity index (χ4n) is 2.62. The van der Waals surface area contributed by atoms with Crippen LogP contribution in [0.2, 0.25) is 0 Å². The Bertz CT molecular complexity index is 1020. The van der Waals surface area contributed by atoms with Crippen molar-refractivity contribution >= 4 is 5.91 Å². The first kappa shape index (κ1) is 20.2. The SMILES string of the molecule is COc1ccc(F)cc1-c1cc(CNC(=O)c2ccccc2OC(F)(F)F)n[nH]1. The van der Waals surface area contributed by atoms with Gasteiger partial charge in [-0.05, 0) is 36.4 Å². The lowest BCUT2D eigenvalue weighted by molar-refractivity contribution is -0.274. The van der Waals surface area contributed by atoms with Crippen LogP contribution in [0.25, 0.3) is 11.3 Å². The van der Waals surface area contributed by atoms with Gasteiger partial charge in [0.05, 0.1) is 30.6 Å². The molecule has 29 heavy (non-hydrogen) atoms. The summed E-state index contributed by atoms with van der Waals surface area (Å²) in [6.07, 6.45) is -4.92. The van der Waals surface area contributed by atoms with Crippen LogP contribution in [0.15, 0.2) is 48.5 Å². The maximum Gasteiger partial charge on any atom is 0.573 e. The van der Waals surface area contributed by atoms with Crippen LogP contribution in [0.5, 0.6) is 11.5 Å². The summed E-state index contributed by atoms with van der Waals surface area (Å²) in [6.45, 7) is -0.0761. The molecule has 2 aromatic carbocycles. The van der Waals surface area contributed by atoms with E-state index in [9.17, 15) is 22.4 Å². The van der Waals surface area contributed by atoms with Crippen molar-refractivity contribution in [2.24, 2.45) is 0 Å². The van der Waals surface area contributed by atoms with E-state index in [4.69, 9.17) is 4.74 Å². The predicted molar refractivity (Wildman–Crippen MR) is 94.8 cm³/mol. The summed E-state index contributed by atoms with van der Waals surface area (Å²) in [4.78, 5) is 12.3. The van der Waals surface area contributed by atoms with Gasteiger partial charge in [0, 0.05) is 5.56 Å². The molecule has 0 atom stereocenters. The number of methoxy groups -OCH3 is 1. The molecular formula is C19H15F4N3O3. The van der Waals surface area contributed by atoms with E-state index in [-0.39, 0.29) is 12.1 Å². The average Bonchev–Trinajstić information content (AvgIpc) is 3.14. The highest BCUT2D eigenvalue weighted by atomic mass is 19.4. The first-order chi connectivity index (χ1) is 13.8. The van der Waals surface area contributed by atoms with E-state index < -0.39 is 23.8 Å². The molecule has 0 saturated heterocycles. The Morgan fingerprint density at radius 1 is 1.14 bits per heavy atom. The molecule has 0 radical (unpaired) electrons. The minimum atomic E-state index is -4.92. The molecule has 1 amide bonds. The number of benzene rings is 2. The van der Waals surface area contributed by atoms with Gasteiger partial charge < -0.3 is 14.8 Å². The zero-order valence-electron chi connectivity index (χ0n) is 15.0. The van der Waals surface area contributed by atoms with Crippen LogP contribution in [-0.4, -0.2) is 29.6 Å². The number of nitrogens with one attached hydrogen (secondary N) is 2. The number of H-pyrrole nitrogens is 1. The maximum atomic E-state index is 13.5. The quantitative estimate of drug-likeness (QED) is 0.603. The smallest absolute Gasteiger partial charge is 0.496 e. The fourth-order valence-corrected chi connectivity index (χ4v) is 2.62. The molecule has 0 bridgehead atoms. The van der Waals surface area contributed by atoms with Crippen molar-refractivity contribution in [2.45, 2.75) is 12.9 Å². The van der Waals surface area contributed by atoms with E-state index in [1.54, 1.807) is 6.07 Å². The summed E-state index contributed by atoms with van der Waals surface area (Å²) in [5, 5.41) is 9.20. The second-order valence-electron chi connectivity index (χ2n) is 5.84. The molecule has 0 aliphatic heterocycles. The number of ether oxygens (including phenoxy) is 2. The van der Waals surface area contributed by atoms with Gasteiger partial charge in [-0.2, -0.15) is 5.10 Å². The number of carbonyl (C=O) groups excluding carboxylic acids is 1. The molecule has 0 unspecified atom stereocenters. The van der Waals surface area contributed by atoms with Gasteiger partial charge in [-0.15, -0.1) is 13.2 Å². The molecule has 152 valence electrons. The van der Waals surface area contributed by atoms with Crippen LogP contribution in [-0.2, 0) is 6.54 Å². The third-order valence-corrected chi connectivity index (χ3v) is 3.87. The van der Waals surface area contributed by atoms with Crippen LogP contribution in [0.4, 0.5) is 17.6 Å². The van der Waals surface area contributed by atoms with Crippen molar-refractivity contribution in [3.05, 3.63) is 65.6 Å². The molecule has 0 aliphatic carbocycles. The van der Waals surface area contributed by atoms with E-state index in [0.717, 1.165) is 6.07 Å². The molecule has 1 aromatic heterocycles. The van der Waals surface area contributed by atoms with Crippen molar-refractivity contribution in [1.82, 2.24) is 15.5 Å². The van der Waals surface area contributed by atoms with Crippen LogP contribution in [0.3, 0.4) is 0 Å². The Balaban J connectivity index is 1.73. The monoisotopic (exact) mass is 409 g/mol. The summed E-state index contributed by atoms with van der Waals surface area (Å²) < 4.78 is 60.0. The normalized spacial score (nSPS) is 11.2. The summed E-state index contributed by atoms with van der Waals surface area (Å²) >= 11 is 0. The number of rotatable bonds is 6. The molecule has 6 nitrogen and oxygen atoms in total. The highest BCUT2D eigenvalue weighted by Gasteiger charge is 2.32. The molecule has 3 rings (SSSR count). The van der Waals surface area contributed by atoms with Gasteiger partial charge in [0.15, 0.2) is 0 Å². The first-order valence-electron chi connectivity index (χ1n) is 8.28. The summed E-state index contributed by atoms with van der Waals surface area (Å²) in [5.41, 5.74) is 0.995. The zero-order chi connectivity index (χ0) is 21.0. The number of carbonyl (C=O) groups is 1. The molecule has 3 aromatic rings. The third kappa shape index (κ3) is 5.03. The largest absolute Gasteiger partial charge is 0.573 e. The Morgan fingerprint density at radius 2 is 1.90 bits per heavy atom. The Hall–Kier alpha value is -3.56. The molecular weight excluding hydrogens is 394 g/mol. The van der Waals surface area contributed by atoms with E-state index in [0.29, 0.717) is 22.7 Å². The number of amides is 1. The number of nitrogens with zero attached hydrogens (tertiary/aromatic N) is 1. The summed E-state index contributed by atoms with van der Waals surface area (Å²) in [5.74, 6) is -1.42. The molecule has 0 saturated carbocycles. The summed E-state index contributed by atoms with van der Waals surface area (Å²) in [6, 6.07) is 10.5. The average molecular weight is 409 g/mol. The lowest BCUT2D eigenvalue weighted by atomic mass is 10.1.